The summed E-state index contributed by atoms with van der Waals surface area (Å²) in [6.45, 7) is 4.37. The van der Waals surface area contributed by atoms with E-state index in [1.54, 1.807) is 0 Å². The van der Waals surface area contributed by atoms with Gasteiger partial charge in [0, 0.05) is 18.0 Å². The van der Waals surface area contributed by atoms with Crippen molar-refractivity contribution in [3.8, 4) is 0 Å². The van der Waals surface area contributed by atoms with Crippen LogP contribution in [0.25, 0.3) is 10.9 Å². The normalized spacial score (nSPS) is 12.0. The molecular weight excluding hydrogens is 296 g/mol. The summed E-state index contributed by atoms with van der Waals surface area (Å²) >= 11 is 0. The number of unbranched alkanes of at least 4 members (excludes halogenated alkanes) is 1. The topological polar surface area (TPSA) is 84.1 Å². The largest absolute Gasteiger partial charge is 0.396 e. The second-order valence-electron chi connectivity index (χ2n) is 5.40. The fourth-order valence-corrected chi connectivity index (χ4v) is 2.57. The highest BCUT2D eigenvalue weighted by Gasteiger charge is 2.13. The highest BCUT2D eigenvalue weighted by Crippen LogP contribution is 2.26. The van der Waals surface area contributed by atoms with Crippen LogP contribution in [0.5, 0.6) is 0 Å². The molecule has 0 aliphatic heterocycles. The average Bonchev–Trinajstić information content (AvgIpc) is 2.44. The number of aryl methyl sites for hydroxylation is 1. The molecule has 22 heavy (non-hydrogen) atoms. The van der Waals surface area contributed by atoms with Gasteiger partial charge in [-0.3, -0.25) is 0 Å². The Morgan fingerprint density at radius 3 is 2.73 bits per heavy atom. The van der Waals surface area contributed by atoms with Crippen LogP contribution in [-0.4, -0.2) is 27.7 Å². The van der Waals surface area contributed by atoms with Gasteiger partial charge in [-0.05, 0) is 31.4 Å². The molecular formula is C16H26N4OS. The maximum atomic E-state index is 9.24. The summed E-state index contributed by atoms with van der Waals surface area (Å²) in [6.07, 6.45) is 3.97. The van der Waals surface area contributed by atoms with Crippen molar-refractivity contribution in [2.45, 2.75) is 45.6 Å². The predicted octanol–water partition coefficient (Wildman–Crippen LogP) is 2.99. The van der Waals surface area contributed by atoms with Crippen LogP contribution in [-0.2, 0) is 0 Å². The SMILES string of the molecule is CCCC[C@@H](CCO)Nc1nc(N)nc2cccc(C)c12.S. The van der Waals surface area contributed by atoms with E-state index in [0.717, 1.165) is 41.5 Å². The van der Waals surface area contributed by atoms with Crippen LogP contribution in [0.1, 0.15) is 38.2 Å². The van der Waals surface area contributed by atoms with E-state index in [1.807, 2.05) is 25.1 Å². The van der Waals surface area contributed by atoms with Crippen molar-refractivity contribution < 1.29 is 5.11 Å². The number of aliphatic hydroxyl groups is 1. The van der Waals surface area contributed by atoms with Crippen LogP contribution < -0.4 is 11.1 Å². The van der Waals surface area contributed by atoms with Crippen molar-refractivity contribution in [3.63, 3.8) is 0 Å². The number of nitrogens with zero attached hydrogens (tertiary/aromatic N) is 2. The molecule has 0 fully saturated rings. The molecule has 1 atom stereocenters. The van der Waals surface area contributed by atoms with Crippen LogP contribution in [0.3, 0.4) is 0 Å². The third-order valence-corrected chi connectivity index (χ3v) is 3.67. The van der Waals surface area contributed by atoms with E-state index in [9.17, 15) is 5.11 Å². The van der Waals surface area contributed by atoms with Crippen molar-refractivity contribution >= 4 is 36.2 Å². The Morgan fingerprint density at radius 1 is 1.27 bits per heavy atom. The van der Waals surface area contributed by atoms with E-state index in [2.05, 4.69) is 22.2 Å². The Labute approximate surface area is 138 Å². The van der Waals surface area contributed by atoms with E-state index in [-0.39, 0.29) is 32.1 Å². The van der Waals surface area contributed by atoms with E-state index < -0.39 is 0 Å². The van der Waals surface area contributed by atoms with Crippen LogP contribution >= 0.6 is 13.5 Å². The van der Waals surface area contributed by atoms with E-state index in [4.69, 9.17) is 5.73 Å². The van der Waals surface area contributed by atoms with Gasteiger partial charge in [0.15, 0.2) is 0 Å². The third kappa shape index (κ3) is 4.48. The zero-order chi connectivity index (χ0) is 15.2. The predicted molar refractivity (Wildman–Crippen MR) is 97.7 cm³/mol. The lowest BCUT2D eigenvalue weighted by molar-refractivity contribution is 0.276. The minimum atomic E-state index is 0. The summed E-state index contributed by atoms with van der Waals surface area (Å²) in [7, 11) is 0. The first-order chi connectivity index (χ1) is 10.2. The molecule has 5 nitrogen and oxygen atoms in total. The lowest BCUT2D eigenvalue weighted by atomic mass is 10.1. The lowest BCUT2D eigenvalue weighted by Gasteiger charge is -2.20. The fourth-order valence-electron chi connectivity index (χ4n) is 2.57. The van der Waals surface area contributed by atoms with Crippen LogP contribution in [0.15, 0.2) is 18.2 Å². The van der Waals surface area contributed by atoms with Gasteiger partial charge in [0.2, 0.25) is 5.95 Å². The number of fused-ring (bicyclic) bond motifs is 1. The number of aromatic nitrogens is 2. The molecule has 0 unspecified atom stereocenters. The fraction of sp³-hybridized carbons (Fsp3) is 0.500. The zero-order valence-corrected chi connectivity index (χ0v) is 14.3. The molecule has 0 aliphatic carbocycles. The summed E-state index contributed by atoms with van der Waals surface area (Å²) in [6, 6.07) is 6.15. The smallest absolute Gasteiger partial charge is 0.222 e. The number of aliphatic hydroxyl groups excluding tert-OH is 1. The van der Waals surface area contributed by atoms with Crippen molar-refractivity contribution in [1.29, 1.82) is 0 Å². The molecule has 0 bridgehead atoms. The van der Waals surface area contributed by atoms with Crippen molar-refractivity contribution in [3.05, 3.63) is 23.8 Å². The molecule has 2 aromatic rings. The second kappa shape index (κ2) is 8.80. The minimum absolute atomic E-state index is 0. The van der Waals surface area contributed by atoms with Gasteiger partial charge in [-0.25, -0.2) is 4.98 Å². The zero-order valence-electron chi connectivity index (χ0n) is 13.3. The standard InChI is InChI=1S/C16H24N4O.H2S/c1-3-4-7-12(9-10-21)18-15-14-11(2)6-5-8-13(14)19-16(17)20-15;/h5-6,8,12,21H,3-4,7,9-10H2,1-2H3,(H3,17,18,19,20);1H2/t12-;/m0./s1. The van der Waals surface area contributed by atoms with Gasteiger partial charge < -0.3 is 16.2 Å². The number of hydrogen-bond donors (Lipinski definition) is 3. The molecule has 4 N–H and O–H groups in total. The number of nitrogens with two attached hydrogens (primary N) is 1. The Hall–Kier alpha value is -1.53. The Balaban J connectivity index is 0.00000242. The molecule has 1 aromatic heterocycles. The summed E-state index contributed by atoms with van der Waals surface area (Å²) in [5.74, 6) is 1.04. The van der Waals surface area contributed by atoms with Crippen molar-refractivity contribution in [2.75, 3.05) is 17.7 Å². The van der Waals surface area contributed by atoms with Gasteiger partial charge in [-0.15, -0.1) is 0 Å². The third-order valence-electron chi connectivity index (χ3n) is 3.67. The maximum absolute atomic E-state index is 9.24. The molecule has 1 heterocycles. The highest BCUT2D eigenvalue weighted by molar-refractivity contribution is 7.59. The molecule has 0 amide bonds. The van der Waals surface area contributed by atoms with Crippen molar-refractivity contribution in [1.82, 2.24) is 9.97 Å². The second-order valence-corrected chi connectivity index (χ2v) is 5.40. The van der Waals surface area contributed by atoms with Gasteiger partial charge >= 0.3 is 0 Å². The molecule has 0 spiro atoms. The Morgan fingerprint density at radius 2 is 2.05 bits per heavy atom. The van der Waals surface area contributed by atoms with Gasteiger partial charge in [0.05, 0.1) is 5.52 Å². The maximum Gasteiger partial charge on any atom is 0.222 e. The number of nitrogen functional groups attached to an aromatic ring is 1. The van der Waals surface area contributed by atoms with E-state index in [0.29, 0.717) is 6.42 Å². The van der Waals surface area contributed by atoms with E-state index >= 15 is 0 Å². The van der Waals surface area contributed by atoms with Gasteiger partial charge in [0.1, 0.15) is 5.82 Å². The summed E-state index contributed by atoms with van der Waals surface area (Å²) < 4.78 is 0. The molecule has 122 valence electrons. The number of nitrogens with one attached hydrogen (secondary N) is 1. The highest BCUT2D eigenvalue weighted by atomic mass is 32.1. The molecule has 0 saturated heterocycles. The van der Waals surface area contributed by atoms with Gasteiger partial charge in [0.25, 0.3) is 0 Å². The quantitative estimate of drug-likeness (QED) is 0.730. The minimum Gasteiger partial charge on any atom is -0.396 e. The van der Waals surface area contributed by atoms with Gasteiger partial charge in [-0.1, -0.05) is 31.9 Å². The first-order valence-corrected chi connectivity index (χ1v) is 7.56. The summed E-state index contributed by atoms with van der Waals surface area (Å²) in [5, 5.41) is 13.7. The molecule has 0 radical (unpaired) electrons. The monoisotopic (exact) mass is 322 g/mol. The molecule has 6 heteroatoms. The molecule has 0 aliphatic rings. The average molecular weight is 322 g/mol. The first kappa shape index (κ1) is 18.5. The number of hydrogen-bond acceptors (Lipinski definition) is 5. The Kier molecular flexibility index (Phi) is 7.41. The molecule has 2 rings (SSSR count). The van der Waals surface area contributed by atoms with Crippen molar-refractivity contribution in [2.24, 2.45) is 0 Å². The first-order valence-electron chi connectivity index (χ1n) is 7.56. The lowest BCUT2D eigenvalue weighted by Crippen LogP contribution is -2.22. The van der Waals surface area contributed by atoms with Gasteiger partial charge in [-0.2, -0.15) is 18.5 Å². The Bertz CT molecular complexity index is 606. The summed E-state index contributed by atoms with van der Waals surface area (Å²) in [4.78, 5) is 8.66. The summed E-state index contributed by atoms with van der Waals surface area (Å²) in [5.41, 5.74) is 7.78. The van der Waals surface area contributed by atoms with Crippen LogP contribution in [0, 0.1) is 6.92 Å². The van der Waals surface area contributed by atoms with E-state index in [1.165, 1.54) is 0 Å². The number of benzene rings is 1. The number of anilines is 2. The molecule has 0 saturated carbocycles. The molecule has 1 aromatic carbocycles. The van der Waals surface area contributed by atoms with Crippen LogP contribution in [0.4, 0.5) is 11.8 Å². The van der Waals surface area contributed by atoms with Crippen LogP contribution in [0.2, 0.25) is 0 Å². The number of rotatable bonds is 7.